The largest absolute Gasteiger partial charge is 0.340 e. The highest BCUT2D eigenvalue weighted by atomic mass is 19.1. The van der Waals surface area contributed by atoms with Gasteiger partial charge in [0.15, 0.2) is 0 Å². The minimum Gasteiger partial charge on any atom is -0.340 e. The van der Waals surface area contributed by atoms with E-state index in [1.165, 1.54) is 30.3 Å². The molecule has 1 fully saturated rings. The minimum atomic E-state index is -0.264. The molecule has 0 spiro atoms. The number of fused-ring (bicyclic) bond motifs is 1. The van der Waals surface area contributed by atoms with Crippen molar-refractivity contribution in [3.8, 4) is 0 Å². The van der Waals surface area contributed by atoms with Crippen LogP contribution in [0.3, 0.4) is 0 Å². The van der Waals surface area contributed by atoms with Gasteiger partial charge in [0.25, 0.3) is 0 Å². The Kier molecular flexibility index (Phi) is 5.49. The van der Waals surface area contributed by atoms with Gasteiger partial charge >= 0.3 is 0 Å². The molecular formula is C22H29FN4O. The van der Waals surface area contributed by atoms with E-state index in [0.29, 0.717) is 18.7 Å². The van der Waals surface area contributed by atoms with E-state index in [-0.39, 0.29) is 17.8 Å². The summed E-state index contributed by atoms with van der Waals surface area (Å²) in [6.07, 6.45) is 6.74. The van der Waals surface area contributed by atoms with Gasteiger partial charge in [-0.1, -0.05) is 18.2 Å². The normalized spacial score (nSPS) is 19.6. The second-order valence-corrected chi connectivity index (χ2v) is 8.10. The highest BCUT2D eigenvalue weighted by Crippen LogP contribution is 2.33. The summed E-state index contributed by atoms with van der Waals surface area (Å²) in [5, 5.41) is 0. The third-order valence-electron chi connectivity index (χ3n) is 6.20. The van der Waals surface area contributed by atoms with Crippen LogP contribution in [-0.2, 0) is 31.2 Å². The summed E-state index contributed by atoms with van der Waals surface area (Å²) in [6.45, 7) is 1.55. The maximum atomic E-state index is 13.9. The topological polar surface area (TPSA) is 41.4 Å². The monoisotopic (exact) mass is 384 g/mol. The van der Waals surface area contributed by atoms with E-state index in [1.54, 1.807) is 30.1 Å². The van der Waals surface area contributed by atoms with Gasteiger partial charge in [0.1, 0.15) is 11.6 Å². The van der Waals surface area contributed by atoms with Gasteiger partial charge in [-0.15, -0.1) is 0 Å². The molecule has 1 atom stereocenters. The molecule has 150 valence electrons. The molecule has 5 nitrogen and oxygen atoms in total. The molecule has 28 heavy (non-hydrogen) atoms. The molecule has 1 saturated heterocycles. The number of rotatable bonds is 5. The number of amides is 1. The molecule has 0 N–H and O–H groups in total. The number of nitrogens with zero attached hydrogens (tertiary/aromatic N) is 4. The predicted molar refractivity (Wildman–Crippen MR) is 106 cm³/mol. The number of hydrogen-bond donors (Lipinski definition) is 0. The minimum absolute atomic E-state index is 0.0223. The molecule has 1 aliphatic heterocycles. The van der Waals surface area contributed by atoms with Crippen molar-refractivity contribution in [3.63, 3.8) is 0 Å². The first-order valence-electron chi connectivity index (χ1n) is 10.3. The fraction of sp³-hybridized carbons (Fsp3) is 0.545. The molecule has 6 heteroatoms. The molecule has 1 aliphatic carbocycles. The van der Waals surface area contributed by atoms with Crippen molar-refractivity contribution in [2.45, 2.75) is 51.1 Å². The van der Waals surface area contributed by atoms with E-state index in [9.17, 15) is 9.18 Å². The number of likely N-dealkylation sites (tertiary alicyclic amines) is 1. The quantitative estimate of drug-likeness (QED) is 0.795. The Morgan fingerprint density at radius 3 is 2.82 bits per heavy atom. The third kappa shape index (κ3) is 3.70. The van der Waals surface area contributed by atoms with Crippen molar-refractivity contribution in [3.05, 3.63) is 52.9 Å². The summed E-state index contributed by atoms with van der Waals surface area (Å²) in [5.41, 5.74) is 3.17. The molecule has 1 aromatic heterocycles. The first-order chi connectivity index (χ1) is 13.5. The summed E-state index contributed by atoms with van der Waals surface area (Å²) in [7, 11) is 3.87. The van der Waals surface area contributed by atoms with Crippen LogP contribution in [-0.4, -0.2) is 45.4 Å². The Balaban J connectivity index is 1.45. The molecule has 0 radical (unpaired) electrons. The predicted octanol–water partition coefficient (Wildman–Crippen LogP) is 3.23. The van der Waals surface area contributed by atoms with Crippen molar-refractivity contribution >= 4 is 5.91 Å². The van der Waals surface area contributed by atoms with Crippen LogP contribution in [0.4, 0.5) is 4.39 Å². The number of halogens is 1. The van der Waals surface area contributed by atoms with Gasteiger partial charge in [-0.2, -0.15) is 0 Å². The lowest BCUT2D eigenvalue weighted by Crippen LogP contribution is -2.38. The summed E-state index contributed by atoms with van der Waals surface area (Å²) < 4.78 is 16.2. The van der Waals surface area contributed by atoms with E-state index in [1.807, 2.05) is 0 Å². The molecule has 2 heterocycles. The van der Waals surface area contributed by atoms with Crippen LogP contribution in [0.1, 0.15) is 54.5 Å². The lowest BCUT2D eigenvalue weighted by atomic mass is 10.0. The number of imidazole rings is 1. The van der Waals surface area contributed by atoms with Crippen LogP contribution in [0.25, 0.3) is 0 Å². The van der Waals surface area contributed by atoms with E-state index in [2.05, 4.69) is 16.5 Å². The fourth-order valence-electron chi connectivity index (χ4n) is 4.58. The molecule has 0 unspecified atom stereocenters. The first kappa shape index (κ1) is 19.1. The van der Waals surface area contributed by atoms with Gasteiger partial charge in [0.2, 0.25) is 5.91 Å². The maximum Gasteiger partial charge on any atom is 0.236 e. The Morgan fingerprint density at radius 1 is 1.25 bits per heavy atom. The highest BCUT2D eigenvalue weighted by Gasteiger charge is 2.33. The van der Waals surface area contributed by atoms with Crippen LogP contribution in [0.5, 0.6) is 0 Å². The van der Waals surface area contributed by atoms with E-state index in [4.69, 9.17) is 4.98 Å². The molecule has 0 bridgehead atoms. The van der Waals surface area contributed by atoms with Crippen LogP contribution in [0.15, 0.2) is 24.3 Å². The summed E-state index contributed by atoms with van der Waals surface area (Å²) in [4.78, 5) is 21.6. The smallest absolute Gasteiger partial charge is 0.236 e. The molecule has 1 aromatic carbocycles. The SMILES string of the molecule is CN(Cc1ccccc1F)C(=O)CN1CCC[C@H]1c1nc2c(n1C)CCCC2. The zero-order chi connectivity index (χ0) is 19.7. The zero-order valence-electron chi connectivity index (χ0n) is 16.8. The molecular weight excluding hydrogens is 355 g/mol. The molecule has 1 amide bonds. The zero-order valence-corrected chi connectivity index (χ0v) is 16.8. The van der Waals surface area contributed by atoms with Crippen molar-refractivity contribution in [1.29, 1.82) is 0 Å². The Hall–Kier alpha value is -2.21. The van der Waals surface area contributed by atoms with Gasteiger partial charge in [-0.25, -0.2) is 9.37 Å². The molecule has 0 saturated carbocycles. The number of carbonyl (C=O) groups is 1. The molecule has 4 rings (SSSR count). The molecule has 2 aliphatic rings. The van der Waals surface area contributed by atoms with Crippen molar-refractivity contribution < 1.29 is 9.18 Å². The number of carbonyl (C=O) groups excluding carboxylic acids is 1. The third-order valence-corrected chi connectivity index (χ3v) is 6.20. The van der Waals surface area contributed by atoms with E-state index >= 15 is 0 Å². The van der Waals surface area contributed by atoms with Crippen LogP contribution in [0.2, 0.25) is 0 Å². The van der Waals surface area contributed by atoms with Crippen molar-refractivity contribution in [2.24, 2.45) is 7.05 Å². The van der Waals surface area contributed by atoms with Gasteiger partial charge in [-0.3, -0.25) is 9.69 Å². The summed E-state index contributed by atoms with van der Waals surface area (Å²) in [5.74, 6) is 0.864. The molecule has 2 aromatic rings. The van der Waals surface area contributed by atoms with E-state index < -0.39 is 0 Å². The second kappa shape index (κ2) is 8.03. The van der Waals surface area contributed by atoms with Gasteiger partial charge in [0, 0.05) is 31.9 Å². The highest BCUT2D eigenvalue weighted by molar-refractivity contribution is 5.78. The number of aryl methyl sites for hydroxylation is 1. The van der Waals surface area contributed by atoms with Crippen molar-refractivity contribution in [1.82, 2.24) is 19.4 Å². The summed E-state index contributed by atoms with van der Waals surface area (Å²) >= 11 is 0. The van der Waals surface area contributed by atoms with Crippen LogP contribution < -0.4 is 0 Å². The fourth-order valence-corrected chi connectivity index (χ4v) is 4.58. The second-order valence-electron chi connectivity index (χ2n) is 8.10. The average molecular weight is 384 g/mol. The Morgan fingerprint density at radius 2 is 2.04 bits per heavy atom. The number of likely N-dealkylation sites (N-methyl/N-ethyl adjacent to an activating group) is 1. The number of aromatic nitrogens is 2. The average Bonchev–Trinajstić information content (AvgIpc) is 3.28. The Bertz CT molecular complexity index is 862. The summed E-state index contributed by atoms with van der Waals surface area (Å²) in [6, 6.07) is 6.84. The van der Waals surface area contributed by atoms with Gasteiger partial charge < -0.3 is 9.47 Å². The number of hydrogen-bond acceptors (Lipinski definition) is 3. The van der Waals surface area contributed by atoms with E-state index in [0.717, 1.165) is 38.1 Å². The lowest BCUT2D eigenvalue weighted by Gasteiger charge is -2.26. The first-order valence-corrected chi connectivity index (χ1v) is 10.3. The van der Waals surface area contributed by atoms with Gasteiger partial charge in [-0.05, 0) is 51.1 Å². The van der Waals surface area contributed by atoms with Crippen LogP contribution in [0, 0.1) is 5.82 Å². The van der Waals surface area contributed by atoms with Crippen LogP contribution >= 0.6 is 0 Å². The van der Waals surface area contributed by atoms with Gasteiger partial charge in [0.05, 0.1) is 18.3 Å². The Labute approximate surface area is 166 Å². The maximum absolute atomic E-state index is 13.9. The standard InChI is InChI=1S/C22H29FN4O/c1-25(14-16-8-3-4-9-17(16)23)21(28)15-27-13-7-12-20(27)22-24-18-10-5-6-11-19(18)26(22)2/h3-4,8-9,20H,5-7,10-15H2,1-2H3/t20-/m0/s1. The number of benzene rings is 1. The van der Waals surface area contributed by atoms with Crippen molar-refractivity contribution in [2.75, 3.05) is 20.1 Å². The lowest BCUT2D eigenvalue weighted by molar-refractivity contribution is -0.132.